The smallest absolute Gasteiger partial charge is 0.342 e. The summed E-state index contributed by atoms with van der Waals surface area (Å²) in [7, 11) is 1.23. The summed E-state index contributed by atoms with van der Waals surface area (Å²) in [5.74, 6) is 0.424. The van der Waals surface area contributed by atoms with Crippen molar-refractivity contribution >= 4 is 5.97 Å². The molecule has 1 aliphatic heterocycles. The van der Waals surface area contributed by atoms with E-state index < -0.39 is 11.6 Å². The van der Waals surface area contributed by atoms with Gasteiger partial charge in [-0.05, 0) is 24.6 Å². The van der Waals surface area contributed by atoms with Crippen molar-refractivity contribution in [2.75, 3.05) is 20.3 Å². The third-order valence-electron chi connectivity index (χ3n) is 2.69. The van der Waals surface area contributed by atoms with Crippen LogP contribution in [0.4, 0.5) is 0 Å². The molecule has 1 heterocycles. The molecule has 0 bridgehead atoms. The Morgan fingerprint density at radius 1 is 1.35 bits per heavy atom. The van der Waals surface area contributed by atoms with Crippen LogP contribution in [0.25, 0.3) is 0 Å². The lowest BCUT2D eigenvalue weighted by Gasteiger charge is -2.24. The topological polar surface area (TPSA) is 65.0 Å². The minimum Gasteiger partial charge on any atom is -0.486 e. The highest BCUT2D eigenvalue weighted by Crippen LogP contribution is 2.34. The Kier molecular flexibility index (Phi) is 2.93. The lowest BCUT2D eigenvalue weighted by Crippen LogP contribution is -2.33. The molecule has 0 saturated heterocycles. The standard InChI is InChI=1S/C12H14O5/c1-12(14,11(13)15-2)8-3-4-9-10(7-8)17-6-5-16-9/h3-4,7,14H,5-6H2,1-2H3. The average molecular weight is 238 g/mol. The molecular weight excluding hydrogens is 224 g/mol. The van der Waals surface area contributed by atoms with Gasteiger partial charge in [0.05, 0.1) is 7.11 Å². The molecule has 1 aliphatic rings. The predicted molar refractivity (Wildman–Crippen MR) is 59.0 cm³/mol. The molecule has 0 saturated carbocycles. The van der Waals surface area contributed by atoms with E-state index in [0.717, 1.165) is 0 Å². The second-order valence-electron chi connectivity index (χ2n) is 3.92. The molecule has 17 heavy (non-hydrogen) atoms. The van der Waals surface area contributed by atoms with Gasteiger partial charge in [-0.2, -0.15) is 0 Å². The van der Waals surface area contributed by atoms with E-state index in [4.69, 9.17) is 9.47 Å². The number of hydrogen-bond donors (Lipinski definition) is 1. The Morgan fingerprint density at radius 2 is 2.00 bits per heavy atom. The van der Waals surface area contributed by atoms with Gasteiger partial charge in [0.15, 0.2) is 17.1 Å². The van der Waals surface area contributed by atoms with Gasteiger partial charge in [-0.3, -0.25) is 0 Å². The van der Waals surface area contributed by atoms with Crippen LogP contribution < -0.4 is 9.47 Å². The molecule has 0 spiro atoms. The van der Waals surface area contributed by atoms with Gasteiger partial charge in [-0.15, -0.1) is 0 Å². The monoisotopic (exact) mass is 238 g/mol. The maximum atomic E-state index is 11.5. The molecule has 1 aromatic rings. The van der Waals surface area contributed by atoms with Gasteiger partial charge in [0.2, 0.25) is 0 Å². The minimum absolute atomic E-state index is 0.411. The molecular formula is C12H14O5. The van der Waals surface area contributed by atoms with Crippen LogP contribution in [0.5, 0.6) is 11.5 Å². The molecule has 0 radical (unpaired) electrons. The third-order valence-corrected chi connectivity index (χ3v) is 2.69. The number of esters is 1. The number of benzene rings is 1. The molecule has 5 heteroatoms. The summed E-state index contributed by atoms with van der Waals surface area (Å²) in [6, 6.07) is 4.87. The predicted octanol–water partition coefficient (Wildman–Crippen LogP) is 0.838. The van der Waals surface area contributed by atoms with Crippen LogP contribution in [0.15, 0.2) is 18.2 Å². The number of fused-ring (bicyclic) bond motifs is 1. The summed E-state index contributed by atoms with van der Waals surface area (Å²) in [6.07, 6.45) is 0. The molecule has 5 nitrogen and oxygen atoms in total. The molecule has 1 unspecified atom stereocenters. The number of carbonyl (C=O) groups is 1. The lowest BCUT2D eigenvalue weighted by molar-refractivity contribution is -0.161. The van der Waals surface area contributed by atoms with Crippen LogP contribution in [-0.4, -0.2) is 31.4 Å². The van der Waals surface area contributed by atoms with Crippen molar-refractivity contribution in [2.24, 2.45) is 0 Å². The van der Waals surface area contributed by atoms with Crippen LogP contribution in [0, 0.1) is 0 Å². The van der Waals surface area contributed by atoms with Gasteiger partial charge >= 0.3 is 5.97 Å². The Labute approximate surface area is 98.9 Å². The van der Waals surface area contributed by atoms with E-state index >= 15 is 0 Å². The maximum Gasteiger partial charge on any atom is 0.342 e. The number of methoxy groups -OCH3 is 1. The Bertz CT molecular complexity index is 439. The second kappa shape index (κ2) is 4.25. The molecule has 0 fully saturated rings. The van der Waals surface area contributed by atoms with Crippen LogP contribution >= 0.6 is 0 Å². The minimum atomic E-state index is -1.69. The van der Waals surface area contributed by atoms with Crippen LogP contribution in [-0.2, 0) is 15.1 Å². The normalized spacial score (nSPS) is 17.1. The fourth-order valence-electron chi connectivity index (χ4n) is 1.66. The van der Waals surface area contributed by atoms with Crippen LogP contribution in [0.3, 0.4) is 0 Å². The number of rotatable bonds is 2. The lowest BCUT2D eigenvalue weighted by atomic mass is 9.96. The Morgan fingerprint density at radius 3 is 2.65 bits per heavy atom. The first-order valence-corrected chi connectivity index (χ1v) is 5.26. The van der Waals surface area contributed by atoms with E-state index in [9.17, 15) is 9.90 Å². The van der Waals surface area contributed by atoms with Gasteiger partial charge in [0.1, 0.15) is 13.2 Å². The van der Waals surface area contributed by atoms with Crippen LogP contribution in [0.2, 0.25) is 0 Å². The Hall–Kier alpha value is -1.75. The summed E-state index contributed by atoms with van der Waals surface area (Å²) < 4.78 is 15.3. The zero-order valence-corrected chi connectivity index (χ0v) is 9.73. The van der Waals surface area contributed by atoms with E-state index in [1.165, 1.54) is 14.0 Å². The van der Waals surface area contributed by atoms with Crippen molar-refractivity contribution in [1.29, 1.82) is 0 Å². The summed E-state index contributed by atoms with van der Waals surface area (Å²) >= 11 is 0. The quantitative estimate of drug-likeness (QED) is 0.773. The third kappa shape index (κ3) is 2.06. The Balaban J connectivity index is 2.36. The van der Waals surface area contributed by atoms with E-state index in [1.54, 1.807) is 18.2 Å². The molecule has 2 rings (SSSR count). The van der Waals surface area contributed by atoms with Crippen molar-refractivity contribution in [3.63, 3.8) is 0 Å². The molecule has 1 aromatic carbocycles. The average Bonchev–Trinajstić information content (AvgIpc) is 2.37. The largest absolute Gasteiger partial charge is 0.486 e. The van der Waals surface area contributed by atoms with Crippen molar-refractivity contribution in [3.8, 4) is 11.5 Å². The van der Waals surface area contributed by atoms with Crippen molar-refractivity contribution in [2.45, 2.75) is 12.5 Å². The van der Waals surface area contributed by atoms with Crippen molar-refractivity contribution in [1.82, 2.24) is 0 Å². The number of carbonyl (C=O) groups excluding carboxylic acids is 1. The zero-order valence-electron chi connectivity index (χ0n) is 9.73. The fourth-order valence-corrected chi connectivity index (χ4v) is 1.66. The molecule has 1 N–H and O–H groups in total. The number of hydrogen-bond acceptors (Lipinski definition) is 5. The van der Waals surface area contributed by atoms with Gasteiger partial charge in [0, 0.05) is 0 Å². The molecule has 1 atom stereocenters. The van der Waals surface area contributed by atoms with E-state index in [-0.39, 0.29) is 0 Å². The van der Waals surface area contributed by atoms with Gasteiger partial charge in [-0.1, -0.05) is 6.07 Å². The van der Waals surface area contributed by atoms with Gasteiger partial charge < -0.3 is 19.3 Å². The highest BCUT2D eigenvalue weighted by molar-refractivity contribution is 5.80. The van der Waals surface area contributed by atoms with E-state index in [1.807, 2.05) is 0 Å². The van der Waals surface area contributed by atoms with Crippen molar-refractivity contribution < 1.29 is 24.1 Å². The number of aliphatic hydroxyl groups is 1. The highest BCUT2D eigenvalue weighted by atomic mass is 16.6. The first-order valence-electron chi connectivity index (χ1n) is 5.26. The summed E-state index contributed by atoms with van der Waals surface area (Å²) in [6.45, 7) is 2.33. The summed E-state index contributed by atoms with van der Waals surface area (Å²) in [5, 5.41) is 10.1. The summed E-state index contributed by atoms with van der Waals surface area (Å²) in [5.41, 5.74) is -1.28. The summed E-state index contributed by atoms with van der Waals surface area (Å²) in [4.78, 5) is 11.5. The molecule has 0 amide bonds. The maximum absolute atomic E-state index is 11.5. The first kappa shape index (κ1) is 11.7. The highest BCUT2D eigenvalue weighted by Gasteiger charge is 2.34. The molecule has 0 aromatic heterocycles. The van der Waals surface area contributed by atoms with Gasteiger partial charge in [0.25, 0.3) is 0 Å². The molecule has 0 aliphatic carbocycles. The van der Waals surface area contributed by atoms with E-state index in [0.29, 0.717) is 30.3 Å². The second-order valence-corrected chi connectivity index (χ2v) is 3.92. The fraction of sp³-hybridized carbons (Fsp3) is 0.417. The van der Waals surface area contributed by atoms with Gasteiger partial charge in [-0.25, -0.2) is 4.79 Å². The van der Waals surface area contributed by atoms with E-state index in [2.05, 4.69) is 4.74 Å². The zero-order chi connectivity index (χ0) is 12.5. The van der Waals surface area contributed by atoms with Crippen LogP contribution in [0.1, 0.15) is 12.5 Å². The first-order chi connectivity index (χ1) is 8.05. The molecule has 92 valence electrons. The van der Waals surface area contributed by atoms with Crippen molar-refractivity contribution in [3.05, 3.63) is 23.8 Å². The SMILES string of the molecule is COC(=O)C(C)(O)c1ccc2c(c1)OCCO2. The number of ether oxygens (including phenoxy) is 3.